The third-order valence-corrected chi connectivity index (χ3v) is 8.40. The van der Waals surface area contributed by atoms with Crippen molar-refractivity contribution in [1.82, 2.24) is 10.2 Å². The maximum atomic E-state index is 13.9. The van der Waals surface area contributed by atoms with Gasteiger partial charge < -0.3 is 9.16 Å². The Morgan fingerprint density at radius 3 is 2.50 bits per heavy atom. The van der Waals surface area contributed by atoms with Crippen LogP contribution in [0, 0.1) is 17.0 Å². The highest BCUT2D eigenvalue weighted by Crippen LogP contribution is 2.36. The highest BCUT2D eigenvalue weighted by molar-refractivity contribution is 6.74. The van der Waals surface area contributed by atoms with Gasteiger partial charge in [-0.2, -0.15) is 0 Å². The summed E-state index contributed by atoms with van der Waals surface area (Å²) < 4.78 is 24.8. The third kappa shape index (κ3) is 4.50. The van der Waals surface area contributed by atoms with Gasteiger partial charge in [-0.15, -0.1) is 5.10 Å². The number of H-pyrrole nitrogens is 1. The minimum absolute atomic E-state index is 0.00826. The van der Waals surface area contributed by atoms with Crippen LogP contribution in [0.4, 0.5) is 10.1 Å². The Bertz CT molecular complexity index is 528. The lowest BCUT2D eigenvalue weighted by molar-refractivity contribution is -0.386. The minimum Gasteiger partial charge on any atom is -0.469 e. The number of nitrogens with zero attached hydrogens (tertiary/aromatic N) is 2. The van der Waals surface area contributed by atoms with E-state index in [4.69, 9.17) is 9.16 Å². The van der Waals surface area contributed by atoms with Crippen molar-refractivity contribution in [2.24, 2.45) is 0 Å². The Balaban J connectivity index is 2.54. The number of halogens is 1. The van der Waals surface area contributed by atoms with E-state index in [0.29, 0.717) is 0 Å². The lowest BCUT2D eigenvalue weighted by Crippen LogP contribution is -2.42. The molecule has 1 aromatic heterocycles. The summed E-state index contributed by atoms with van der Waals surface area (Å²) in [6, 6.07) is 0. The van der Waals surface area contributed by atoms with Crippen LogP contribution in [0.15, 0.2) is 0 Å². The standard InChI is InChI=1S/C13H24FN3O4Si/c1-9-11(17(18)19)12(16-15-9)20-7-10(14)8-21-22(5,6)13(2,3)4/h10H,7-8H2,1-6H3,(H,15,16)/t10-/m0/s1. The molecule has 0 aromatic carbocycles. The molecule has 1 atom stereocenters. The van der Waals surface area contributed by atoms with Gasteiger partial charge in [-0.3, -0.25) is 15.2 Å². The van der Waals surface area contributed by atoms with E-state index < -0.39 is 19.4 Å². The maximum absolute atomic E-state index is 13.9. The van der Waals surface area contributed by atoms with Crippen LogP contribution in [-0.2, 0) is 4.43 Å². The largest absolute Gasteiger partial charge is 0.469 e. The number of hydrogen-bond acceptors (Lipinski definition) is 5. The minimum atomic E-state index is -2.03. The Kier molecular flexibility index (Phi) is 5.69. The second-order valence-electron chi connectivity index (χ2n) is 6.74. The smallest absolute Gasteiger partial charge is 0.352 e. The summed E-state index contributed by atoms with van der Waals surface area (Å²) >= 11 is 0. The lowest BCUT2D eigenvalue weighted by Gasteiger charge is -2.36. The first-order valence-electron chi connectivity index (χ1n) is 7.06. The van der Waals surface area contributed by atoms with Crippen LogP contribution in [0.2, 0.25) is 18.1 Å². The van der Waals surface area contributed by atoms with Gasteiger partial charge in [0.15, 0.2) is 14.5 Å². The number of aromatic nitrogens is 2. The molecule has 0 amide bonds. The van der Waals surface area contributed by atoms with E-state index in [9.17, 15) is 14.5 Å². The van der Waals surface area contributed by atoms with Crippen LogP contribution in [0.25, 0.3) is 0 Å². The zero-order valence-corrected chi connectivity index (χ0v) is 14.9. The molecule has 0 radical (unpaired) electrons. The van der Waals surface area contributed by atoms with Crippen LogP contribution in [0.1, 0.15) is 26.5 Å². The molecule has 126 valence electrons. The summed E-state index contributed by atoms with van der Waals surface area (Å²) in [6.45, 7) is 11.3. The zero-order chi connectivity index (χ0) is 17.1. The number of alkyl halides is 1. The maximum Gasteiger partial charge on any atom is 0.352 e. The van der Waals surface area contributed by atoms with Gasteiger partial charge >= 0.3 is 11.6 Å². The van der Waals surface area contributed by atoms with Crippen molar-refractivity contribution >= 4 is 14.0 Å². The van der Waals surface area contributed by atoms with Crippen molar-refractivity contribution in [2.45, 2.75) is 52.0 Å². The predicted molar refractivity (Wildman–Crippen MR) is 83.5 cm³/mol. The topological polar surface area (TPSA) is 90.3 Å². The van der Waals surface area contributed by atoms with Gasteiger partial charge in [-0.25, -0.2) is 4.39 Å². The van der Waals surface area contributed by atoms with Crippen LogP contribution < -0.4 is 4.74 Å². The number of aromatic amines is 1. The molecule has 1 heterocycles. The fourth-order valence-corrected chi connectivity index (χ4v) is 2.48. The van der Waals surface area contributed by atoms with Crippen molar-refractivity contribution in [3.63, 3.8) is 0 Å². The molecule has 0 aliphatic heterocycles. The van der Waals surface area contributed by atoms with E-state index in [2.05, 4.69) is 31.0 Å². The summed E-state index contributed by atoms with van der Waals surface area (Å²) in [5.41, 5.74) is 0.00504. The molecule has 9 heteroatoms. The number of nitro groups is 1. The molecule has 1 N–H and O–H groups in total. The summed E-state index contributed by atoms with van der Waals surface area (Å²) in [7, 11) is -2.03. The van der Waals surface area contributed by atoms with E-state index in [1.165, 1.54) is 6.92 Å². The molecular formula is C13H24FN3O4Si. The zero-order valence-electron chi connectivity index (χ0n) is 13.9. The number of ether oxygens (including phenoxy) is 1. The third-order valence-electron chi connectivity index (χ3n) is 3.90. The average Bonchev–Trinajstić information content (AvgIpc) is 2.74. The number of hydrogen-bond donors (Lipinski definition) is 1. The fraction of sp³-hybridized carbons (Fsp3) is 0.769. The second-order valence-corrected chi connectivity index (χ2v) is 11.5. The molecule has 1 aromatic rings. The first kappa shape index (κ1) is 18.6. The molecule has 0 unspecified atom stereocenters. The first-order valence-corrected chi connectivity index (χ1v) is 9.96. The van der Waals surface area contributed by atoms with Gasteiger partial charge in [0.05, 0.1) is 11.5 Å². The second kappa shape index (κ2) is 6.74. The fourth-order valence-electron chi connectivity index (χ4n) is 1.45. The first-order chi connectivity index (χ1) is 9.95. The van der Waals surface area contributed by atoms with Crippen molar-refractivity contribution in [3.8, 4) is 5.88 Å². The molecule has 0 saturated heterocycles. The summed E-state index contributed by atoms with van der Waals surface area (Å²) in [5, 5.41) is 17.0. The highest BCUT2D eigenvalue weighted by Gasteiger charge is 2.37. The summed E-state index contributed by atoms with van der Waals surface area (Å²) in [5.74, 6) is -0.197. The normalized spacial score (nSPS) is 14.0. The molecule has 1 rings (SSSR count). The molecular weight excluding hydrogens is 309 g/mol. The SMILES string of the molecule is Cc1[nH]nc(OC[C@H](F)CO[Si](C)(C)C(C)(C)C)c1[N+](=O)[O-]. The Morgan fingerprint density at radius 1 is 1.41 bits per heavy atom. The molecule has 0 spiro atoms. The van der Waals surface area contributed by atoms with Crippen molar-refractivity contribution in [3.05, 3.63) is 15.8 Å². The Hall–Kier alpha value is -1.48. The lowest BCUT2D eigenvalue weighted by atomic mass is 10.2. The van der Waals surface area contributed by atoms with Gasteiger partial charge in [0.2, 0.25) is 0 Å². The molecule has 0 aliphatic carbocycles. The molecule has 22 heavy (non-hydrogen) atoms. The molecule has 0 saturated carbocycles. The molecule has 0 fully saturated rings. The Labute approximate surface area is 130 Å². The van der Waals surface area contributed by atoms with Crippen LogP contribution in [0.3, 0.4) is 0 Å². The average molecular weight is 333 g/mol. The summed E-state index contributed by atoms with van der Waals surface area (Å²) in [4.78, 5) is 10.3. The van der Waals surface area contributed by atoms with Gasteiger partial charge in [0.1, 0.15) is 12.3 Å². The van der Waals surface area contributed by atoms with E-state index in [1.54, 1.807) is 0 Å². The number of nitrogens with one attached hydrogen (secondary N) is 1. The summed E-state index contributed by atoms with van der Waals surface area (Å²) in [6.07, 6.45) is -1.37. The number of aryl methyl sites for hydroxylation is 1. The molecule has 0 aliphatic rings. The molecule has 0 bridgehead atoms. The molecule has 7 nitrogen and oxygen atoms in total. The number of rotatable bonds is 7. The van der Waals surface area contributed by atoms with Crippen molar-refractivity contribution in [1.29, 1.82) is 0 Å². The highest BCUT2D eigenvalue weighted by atomic mass is 28.4. The van der Waals surface area contributed by atoms with Gasteiger partial charge in [-0.05, 0) is 25.1 Å². The van der Waals surface area contributed by atoms with Crippen LogP contribution in [0.5, 0.6) is 5.88 Å². The van der Waals surface area contributed by atoms with Crippen LogP contribution >= 0.6 is 0 Å². The van der Waals surface area contributed by atoms with Gasteiger partial charge in [-0.1, -0.05) is 20.8 Å². The van der Waals surface area contributed by atoms with E-state index >= 15 is 0 Å². The Morgan fingerprint density at radius 2 is 2.00 bits per heavy atom. The van der Waals surface area contributed by atoms with E-state index in [0.717, 1.165) is 0 Å². The van der Waals surface area contributed by atoms with Gasteiger partial charge in [0.25, 0.3) is 0 Å². The quantitative estimate of drug-likeness (QED) is 0.469. The van der Waals surface area contributed by atoms with Crippen LogP contribution in [-0.4, -0.2) is 42.8 Å². The monoisotopic (exact) mass is 333 g/mol. The van der Waals surface area contributed by atoms with Gasteiger partial charge in [0, 0.05) is 0 Å². The predicted octanol–water partition coefficient (Wildman–Crippen LogP) is 3.37. The van der Waals surface area contributed by atoms with E-state index in [1.807, 2.05) is 13.1 Å². The van der Waals surface area contributed by atoms with Crippen molar-refractivity contribution < 1.29 is 18.5 Å². The van der Waals surface area contributed by atoms with Crippen molar-refractivity contribution in [2.75, 3.05) is 13.2 Å². The van der Waals surface area contributed by atoms with E-state index in [-0.39, 0.29) is 35.5 Å².